The van der Waals surface area contributed by atoms with Gasteiger partial charge in [-0.3, -0.25) is 19.5 Å². The highest BCUT2D eigenvalue weighted by Gasteiger charge is 2.29. The molecule has 4 rings (SSSR count). The van der Waals surface area contributed by atoms with Gasteiger partial charge in [-0.15, -0.1) is 0 Å². The number of amides is 1. The lowest BCUT2D eigenvalue weighted by molar-refractivity contribution is -0.114. The van der Waals surface area contributed by atoms with Gasteiger partial charge in [-0.1, -0.05) is 23.7 Å². The summed E-state index contributed by atoms with van der Waals surface area (Å²) in [6.07, 6.45) is 4.67. The molecular formula is C33H43ClN4O3. The molecule has 1 heterocycles. The van der Waals surface area contributed by atoms with Gasteiger partial charge in [0, 0.05) is 71.4 Å². The molecule has 0 unspecified atom stereocenters. The van der Waals surface area contributed by atoms with Crippen LogP contribution in [0.25, 0.3) is 0 Å². The van der Waals surface area contributed by atoms with E-state index in [1.54, 1.807) is 13.2 Å². The number of allylic oxidation sites excluding steroid dienone is 1. The van der Waals surface area contributed by atoms with E-state index in [-0.39, 0.29) is 18.2 Å². The van der Waals surface area contributed by atoms with Crippen molar-refractivity contribution < 1.29 is 14.3 Å². The van der Waals surface area contributed by atoms with Crippen molar-refractivity contribution in [2.45, 2.75) is 78.4 Å². The Morgan fingerprint density at radius 1 is 1.10 bits per heavy atom. The van der Waals surface area contributed by atoms with Crippen LogP contribution in [0.5, 0.6) is 5.75 Å². The summed E-state index contributed by atoms with van der Waals surface area (Å²) in [6.45, 7) is 9.69. The van der Waals surface area contributed by atoms with E-state index >= 15 is 0 Å². The molecule has 220 valence electrons. The number of carbonyl (C=O) groups is 2. The van der Waals surface area contributed by atoms with Crippen LogP contribution in [0.4, 0.5) is 5.69 Å². The molecule has 1 amide bonds. The first-order valence-electron chi connectivity index (χ1n) is 14.6. The monoisotopic (exact) mass is 578 g/mol. The van der Waals surface area contributed by atoms with E-state index in [1.165, 1.54) is 5.56 Å². The first kappa shape index (κ1) is 30.8. The minimum absolute atomic E-state index is 0.0145. The first-order chi connectivity index (χ1) is 19.6. The number of nitrogens with zero attached hydrogens (tertiary/aromatic N) is 3. The van der Waals surface area contributed by atoms with Crippen molar-refractivity contribution in [3.05, 3.63) is 69.4 Å². The van der Waals surface area contributed by atoms with Gasteiger partial charge in [0.05, 0.1) is 7.11 Å². The number of ketones is 1. The third kappa shape index (κ3) is 7.38. The van der Waals surface area contributed by atoms with E-state index in [2.05, 4.69) is 46.2 Å². The smallest absolute Gasteiger partial charge is 0.251 e. The SMILES string of the molecule is CCN(c1cc(Cl)cc(C(=O)NCC2=C(C)N=C(C)CC2=O)c1C)C1CCC(N(C)Cc2cccc(OC)c2)CC1. The molecule has 1 fully saturated rings. The van der Waals surface area contributed by atoms with Gasteiger partial charge in [0.2, 0.25) is 0 Å². The predicted octanol–water partition coefficient (Wildman–Crippen LogP) is 6.36. The second kappa shape index (κ2) is 13.7. The maximum Gasteiger partial charge on any atom is 0.251 e. The Balaban J connectivity index is 1.43. The van der Waals surface area contributed by atoms with Crippen LogP contribution in [-0.2, 0) is 11.3 Å². The van der Waals surface area contributed by atoms with E-state index < -0.39 is 0 Å². The van der Waals surface area contributed by atoms with Crippen LogP contribution in [0, 0.1) is 6.92 Å². The summed E-state index contributed by atoms with van der Waals surface area (Å²) in [6, 6.07) is 12.9. The molecule has 2 aromatic rings. The van der Waals surface area contributed by atoms with E-state index in [0.29, 0.717) is 40.4 Å². The fraction of sp³-hybridized carbons (Fsp3) is 0.485. The Kier molecular flexibility index (Phi) is 10.3. The van der Waals surface area contributed by atoms with Crippen molar-refractivity contribution in [2.75, 3.05) is 32.1 Å². The number of anilines is 1. The largest absolute Gasteiger partial charge is 0.497 e. The number of benzene rings is 2. The molecule has 2 aliphatic rings. The summed E-state index contributed by atoms with van der Waals surface area (Å²) in [5.41, 5.74) is 5.74. The number of rotatable bonds is 10. The van der Waals surface area contributed by atoms with Gasteiger partial charge in [-0.05, 0) is 95.8 Å². The van der Waals surface area contributed by atoms with E-state index in [4.69, 9.17) is 16.3 Å². The zero-order valence-electron chi connectivity index (χ0n) is 25.2. The van der Waals surface area contributed by atoms with Crippen LogP contribution in [0.15, 0.2) is 52.7 Å². The minimum atomic E-state index is -0.232. The Morgan fingerprint density at radius 3 is 2.46 bits per heavy atom. The van der Waals surface area contributed by atoms with Crippen LogP contribution in [0.1, 0.15) is 74.4 Å². The summed E-state index contributed by atoms with van der Waals surface area (Å²) < 4.78 is 5.39. The van der Waals surface area contributed by atoms with Crippen LogP contribution >= 0.6 is 11.6 Å². The Hall–Kier alpha value is -3.16. The molecule has 1 aliphatic carbocycles. The minimum Gasteiger partial charge on any atom is -0.497 e. The predicted molar refractivity (Wildman–Crippen MR) is 167 cm³/mol. The Bertz CT molecular complexity index is 1340. The highest BCUT2D eigenvalue weighted by Crippen LogP contribution is 2.34. The molecule has 1 N–H and O–H groups in total. The van der Waals surface area contributed by atoms with Gasteiger partial charge >= 0.3 is 0 Å². The zero-order valence-corrected chi connectivity index (χ0v) is 26.0. The second-order valence-corrected chi connectivity index (χ2v) is 11.7. The van der Waals surface area contributed by atoms with Crippen LogP contribution < -0.4 is 15.0 Å². The quantitative estimate of drug-likeness (QED) is 0.355. The maximum atomic E-state index is 13.3. The number of hydrogen-bond donors (Lipinski definition) is 1. The van der Waals surface area contributed by atoms with Gasteiger partial charge in [0.15, 0.2) is 5.78 Å². The number of ether oxygens (including phenoxy) is 1. The molecule has 2 aromatic carbocycles. The van der Waals surface area contributed by atoms with Crippen LogP contribution in [0.2, 0.25) is 5.02 Å². The van der Waals surface area contributed by atoms with Gasteiger partial charge in [0.25, 0.3) is 5.91 Å². The molecule has 1 saturated carbocycles. The van der Waals surface area contributed by atoms with E-state index in [9.17, 15) is 9.59 Å². The summed E-state index contributed by atoms with van der Waals surface area (Å²) in [7, 11) is 3.91. The number of Topliss-reactive ketones (excluding diaryl/α,β-unsaturated/α-hetero) is 1. The number of aliphatic imine (C=N–C) groups is 1. The van der Waals surface area contributed by atoms with Gasteiger partial charge in [-0.2, -0.15) is 0 Å². The highest BCUT2D eigenvalue weighted by molar-refractivity contribution is 6.31. The van der Waals surface area contributed by atoms with Gasteiger partial charge in [-0.25, -0.2) is 0 Å². The summed E-state index contributed by atoms with van der Waals surface area (Å²) in [5, 5.41) is 3.48. The molecular weight excluding hydrogens is 536 g/mol. The highest BCUT2D eigenvalue weighted by atomic mass is 35.5. The number of carbonyl (C=O) groups excluding carboxylic acids is 2. The standard InChI is InChI=1S/C33H43ClN4O3/c1-7-38(27-13-11-26(12-14-27)37(5)20-24-9-8-10-28(16-24)41-6)31-18-25(34)17-29(22(31)3)33(40)35-19-30-23(4)36-21(2)15-32(30)39/h8-10,16-18,26-27H,7,11-15,19-20H2,1-6H3,(H,35,40). The fourth-order valence-corrected chi connectivity index (χ4v) is 6.46. The Labute approximate surface area is 249 Å². The van der Waals surface area contributed by atoms with Crippen LogP contribution in [-0.4, -0.2) is 61.6 Å². The van der Waals surface area contributed by atoms with Gasteiger partial charge in [0.1, 0.15) is 5.75 Å². The molecule has 0 aromatic heterocycles. The van der Waals surface area contributed by atoms with Crippen LogP contribution in [0.3, 0.4) is 0 Å². The lowest BCUT2D eigenvalue weighted by atomic mass is 9.88. The molecule has 1 aliphatic heterocycles. The van der Waals surface area contributed by atoms with Crippen molar-refractivity contribution in [3.8, 4) is 5.75 Å². The molecule has 0 saturated heterocycles. The average Bonchev–Trinajstić information content (AvgIpc) is 2.94. The van der Waals surface area contributed by atoms with E-state index in [0.717, 1.165) is 61.5 Å². The summed E-state index contributed by atoms with van der Waals surface area (Å²) >= 11 is 6.58. The molecule has 0 radical (unpaired) electrons. The number of nitrogens with one attached hydrogen (secondary N) is 1. The first-order valence-corrected chi connectivity index (χ1v) is 14.9. The lowest BCUT2D eigenvalue weighted by Crippen LogP contribution is -2.43. The third-order valence-corrected chi connectivity index (χ3v) is 8.73. The number of methoxy groups -OCH3 is 1. The summed E-state index contributed by atoms with van der Waals surface area (Å²) in [4.78, 5) is 35.1. The topological polar surface area (TPSA) is 74.2 Å². The second-order valence-electron chi connectivity index (χ2n) is 11.3. The van der Waals surface area contributed by atoms with Crippen molar-refractivity contribution in [1.29, 1.82) is 0 Å². The van der Waals surface area contributed by atoms with Crippen molar-refractivity contribution in [2.24, 2.45) is 4.99 Å². The number of halogens is 1. The van der Waals surface area contributed by atoms with Crippen molar-refractivity contribution in [3.63, 3.8) is 0 Å². The maximum absolute atomic E-state index is 13.3. The lowest BCUT2D eigenvalue weighted by Gasteiger charge is -2.41. The van der Waals surface area contributed by atoms with Gasteiger partial charge < -0.3 is 15.0 Å². The molecule has 0 atom stereocenters. The zero-order chi connectivity index (χ0) is 29.7. The molecule has 0 bridgehead atoms. The number of hydrogen-bond acceptors (Lipinski definition) is 6. The molecule has 7 nitrogen and oxygen atoms in total. The molecule has 8 heteroatoms. The average molecular weight is 579 g/mol. The fourth-order valence-electron chi connectivity index (χ4n) is 6.25. The normalized spacial score (nSPS) is 19.3. The molecule has 0 spiro atoms. The summed E-state index contributed by atoms with van der Waals surface area (Å²) in [5.74, 6) is 0.673. The Morgan fingerprint density at radius 2 is 1.80 bits per heavy atom. The third-order valence-electron chi connectivity index (χ3n) is 8.51. The molecule has 41 heavy (non-hydrogen) atoms. The van der Waals surface area contributed by atoms with Crippen molar-refractivity contribution in [1.82, 2.24) is 10.2 Å². The van der Waals surface area contributed by atoms with E-state index in [1.807, 2.05) is 39.0 Å². The van der Waals surface area contributed by atoms with Crippen molar-refractivity contribution >= 4 is 34.7 Å².